The van der Waals surface area contributed by atoms with E-state index in [2.05, 4.69) is 45.0 Å². The van der Waals surface area contributed by atoms with Gasteiger partial charge in [0.15, 0.2) is 0 Å². The minimum absolute atomic E-state index is 0.368. The summed E-state index contributed by atoms with van der Waals surface area (Å²) in [6.45, 7) is 6.43. The fourth-order valence-electron chi connectivity index (χ4n) is 4.14. The van der Waals surface area contributed by atoms with Gasteiger partial charge < -0.3 is 5.11 Å². The third-order valence-corrected chi connectivity index (χ3v) is 5.56. The highest BCUT2D eigenvalue weighted by Gasteiger charge is 2.27. The molecule has 0 bridgehead atoms. The van der Waals surface area contributed by atoms with E-state index in [-0.39, 0.29) is 0 Å². The molecule has 0 amide bonds. The Hall–Kier alpha value is -2.87. The molecule has 0 aromatic heterocycles. The first kappa shape index (κ1) is 15.6. The summed E-state index contributed by atoms with van der Waals surface area (Å²) >= 11 is 0. The zero-order chi connectivity index (χ0) is 17.7. The highest BCUT2D eigenvalue weighted by molar-refractivity contribution is 5.99. The van der Waals surface area contributed by atoms with Crippen LogP contribution < -0.4 is 0 Å². The van der Waals surface area contributed by atoms with Gasteiger partial charge in [0.25, 0.3) is 0 Å². The zero-order valence-electron chi connectivity index (χ0n) is 14.7. The largest absolute Gasteiger partial charge is 0.478 e. The highest BCUT2D eigenvalue weighted by atomic mass is 16.4. The summed E-state index contributed by atoms with van der Waals surface area (Å²) < 4.78 is 0. The molecule has 2 nitrogen and oxygen atoms in total. The first-order chi connectivity index (χ1) is 12.0. The van der Waals surface area contributed by atoms with Crippen LogP contribution in [0.3, 0.4) is 0 Å². The summed E-state index contributed by atoms with van der Waals surface area (Å²) in [4.78, 5) is 11.8. The predicted molar refractivity (Wildman–Crippen MR) is 101 cm³/mol. The molecule has 0 radical (unpaired) electrons. The van der Waals surface area contributed by atoms with Crippen LogP contribution in [0.15, 0.2) is 48.5 Å². The molecule has 0 spiro atoms. The van der Waals surface area contributed by atoms with Gasteiger partial charge in [-0.05, 0) is 83.3 Å². The van der Waals surface area contributed by atoms with Crippen molar-refractivity contribution < 1.29 is 9.90 Å². The van der Waals surface area contributed by atoms with Gasteiger partial charge in [-0.15, -0.1) is 0 Å². The Morgan fingerprint density at radius 2 is 1.36 bits per heavy atom. The third kappa shape index (κ3) is 2.21. The van der Waals surface area contributed by atoms with E-state index in [0.29, 0.717) is 5.56 Å². The minimum atomic E-state index is -0.877. The van der Waals surface area contributed by atoms with Crippen LogP contribution in [0.5, 0.6) is 0 Å². The van der Waals surface area contributed by atoms with Crippen molar-refractivity contribution >= 4 is 5.97 Å². The van der Waals surface area contributed by atoms with Crippen LogP contribution in [0.2, 0.25) is 0 Å². The zero-order valence-corrected chi connectivity index (χ0v) is 14.7. The maximum absolute atomic E-state index is 11.8. The molecule has 0 aliphatic heterocycles. The lowest BCUT2D eigenvalue weighted by Gasteiger charge is -2.20. The van der Waals surface area contributed by atoms with Gasteiger partial charge in [-0.3, -0.25) is 0 Å². The standard InChI is InChI=1S/C23H20O2/c1-13-14(2)21-17-9-5-4-8-16(17)12-20(21)22(15(13)3)18-10-6-7-11-19(18)23(24)25/h4-11H,12H2,1-3H3,(H,24,25). The molecule has 3 aromatic carbocycles. The lowest BCUT2D eigenvalue weighted by molar-refractivity contribution is 0.0697. The maximum Gasteiger partial charge on any atom is 0.336 e. The molecule has 4 rings (SSSR count). The van der Waals surface area contributed by atoms with Crippen molar-refractivity contribution in [3.05, 3.63) is 81.9 Å². The Balaban J connectivity index is 2.11. The molecule has 0 fully saturated rings. The molecule has 1 aliphatic rings. The van der Waals surface area contributed by atoms with Crippen molar-refractivity contribution in [1.82, 2.24) is 0 Å². The third-order valence-electron chi connectivity index (χ3n) is 5.56. The summed E-state index contributed by atoms with van der Waals surface area (Å²) in [6, 6.07) is 15.8. The van der Waals surface area contributed by atoms with Gasteiger partial charge in [-0.2, -0.15) is 0 Å². The number of hydrogen-bond donors (Lipinski definition) is 1. The molecule has 2 heteroatoms. The SMILES string of the molecule is Cc1c(C)c2c(c(-c3ccccc3C(=O)O)c1C)Cc1ccccc1-2. The number of carbonyl (C=O) groups is 1. The summed E-state index contributed by atoms with van der Waals surface area (Å²) in [5, 5.41) is 9.66. The second kappa shape index (κ2) is 5.59. The lowest BCUT2D eigenvalue weighted by Crippen LogP contribution is -2.04. The fourth-order valence-corrected chi connectivity index (χ4v) is 4.14. The number of carboxylic acid groups (broad SMARTS) is 1. The summed E-state index contributed by atoms with van der Waals surface area (Å²) in [7, 11) is 0. The maximum atomic E-state index is 11.8. The second-order valence-electron chi connectivity index (χ2n) is 6.79. The first-order valence-corrected chi connectivity index (χ1v) is 8.54. The van der Waals surface area contributed by atoms with Crippen LogP contribution in [-0.2, 0) is 6.42 Å². The van der Waals surface area contributed by atoms with Gasteiger partial charge in [-0.1, -0.05) is 42.5 Å². The smallest absolute Gasteiger partial charge is 0.336 e. The molecule has 0 unspecified atom stereocenters. The number of rotatable bonds is 2. The van der Waals surface area contributed by atoms with E-state index in [1.165, 1.54) is 38.9 Å². The molecule has 1 N–H and O–H groups in total. The second-order valence-corrected chi connectivity index (χ2v) is 6.79. The molecule has 1 aliphatic carbocycles. The predicted octanol–water partition coefficient (Wildman–Crippen LogP) is 5.55. The van der Waals surface area contributed by atoms with Crippen molar-refractivity contribution in [1.29, 1.82) is 0 Å². The van der Waals surface area contributed by atoms with E-state index in [4.69, 9.17) is 0 Å². The lowest BCUT2D eigenvalue weighted by atomic mass is 9.84. The van der Waals surface area contributed by atoms with E-state index in [1.807, 2.05) is 12.1 Å². The molecular formula is C23H20O2. The van der Waals surface area contributed by atoms with Gasteiger partial charge in [0.1, 0.15) is 0 Å². The Labute approximate surface area is 147 Å². The fraction of sp³-hybridized carbons (Fsp3) is 0.174. The topological polar surface area (TPSA) is 37.3 Å². The average Bonchev–Trinajstić information content (AvgIpc) is 2.99. The van der Waals surface area contributed by atoms with Gasteiger partial charge in [0.05, 0.1) is 5.56 Å². The molecule has 25 heavy (non-hydrogen) atoms. The van der Waals surface area contributed by atoms with Crippen molar-refractivity contribution in [3.8, 4) is 22.3 Å². The monoisotopic (exact) mass is 328 g/mol. The van der Waals surface area contributed by atoms with Crippen molar-refractivity contribution in [2.24, 2.45) is 0 Å². The molecule has 3 aromatic rings. The Kier molecular flexibility index (Phi) is 3.50. The van der Waals surface area contributed by atoms with E-state index in [0.717, 1.165) is 17.5 Å². The molecule has 0 saturated heterocycles. The minimum Gasteiger partial charge on any atom is -0.478 e. The first-order valence-electron chi connectivity index (χ1n) is 8.54. The van der Waals surface area contributed by atoms with E-state index in [1.54, 1.807) is 12.1 Å². The molecule has 0 saturated carbocycles. The summed E-state index contributed by atoms with van der Waals surface area (Å²) in [5.41, 5.74) is 11.1. The van der Waals surface area contributed by atoms with Crippen molar-refractivity contribution in [2.75, 3.05) is 0 Å². The Morgan fingerprint density at radius 1 is 0.800 bits per heavy atom. The highest BCUT2D eigenvalue weighted by Crippen LogP contribution is 2.47. The number of carboxylic acids is 1. The number of fused-ring (bicyclic) bond motifs is 3. The molecule has 0 heterocycles. The van der Waals surface area contributed by atoms with E-state index in [9.17, 15) is 9.90 Å². The van der Waals surface area contributed by atoms with Gasteiger partial charge >= 0.3 is 5.97 Å². The number of aromatic carboxylic acids is 1. The Morgan fingerprint density at radius 3 is 2.04 bits per heavy atom. The van der Waals surface area contributed by atoms with E-state index >= 15 is 0 Å². The van der Waals surface area contributed by atoms with Crippen LogP contribution >= 0.6 is 0 Å². The number of hydrogen-bond acceptors (Lipinski definition) is 1. The summed E-state index contributed by atoms with van der Waals surface area (Å²) in [5.74, 6) is -0.877. The van der Waals surface area contributed by atoms with Crippen molar-refractivity contribution in [3.63, 3.8) is 0 Å². The normalized spacial score (nSPS) is 12.0. The van der Waals surface area contributed by atoms with E-state index < -0.39 is 5.97 Å². The van der Waals surface area contributed by atoms with Gasteiger partial charge in [0, 0.05) is 0 Å². The quantitative estimate of drug-likeness (QED) is 0.524. The van der Waals surface area contributed by atoms with Crippen LogP contribution in [0.25, 0.3) is 22.3 Å². The Bertz CT molecular complexity index is 1030. The molecular weight excluding hydrogens is 308 g/mol. The average molecular weight is 328 g/mol. The molecule has 0 atom stereocenters. The molecule has 124 valence electrons. The van der Waals surface area contributed by atoms with Gasteiger partial charge in [-0.25, -0.2) is 4.79 Å². The summed E-state index contributed by atoms with van der Waals surface area (Å²) in [6.07, 6.45) is 0.858. The van der Waals surface area contributed by atoms with Crippen LogP contribution in [0, 0.1) is 20.8 Å². The van der Waals surface area contributed by atoms with Crippen LogP contribution in [0.1, 0.15) is 38.2 Å². The van der Waals surface area contributed by atoms with Crippen molar-refractivity contribution in [2.45, 2.75) is 27.2 Å². The van der Waals surface area contributed by atoms with Crippen LogP contribution in [0.4, 0.5) is 0 Å². The number of benzene rings is 3. The van der Waals surface area contributed by atoms with Gasteiger partial charge in [0.2, 0.25) is 0 Å². The van der Waals surface area contributed by atoms with Crippen LogP contribution in [-0.4, -0.2) is 11.1 Å².